The third-order valence-electron chi connectivity index (χ3n) is 6.38. The SMILES string of the molecule is CCCCC[C@H](F)[C@H](F)C(=O)Nc1ccc(NCc2ccc(C(F)(F)F)cc2)cc1N1CCCCC1. The molecule has 4 nitrogen and oxygen atoms in total. The number of halogens is 5. The molecule has 9 heteroatoms. The molecular formula is C27H34F5N3O. The van der Waals surface area contributed by atoms with Crippen LogP contribution in [0.4, 0.5) is 39.0 Å². The van der Waals surface area contributed by atoms with Crippen molar-refractivity contribution < 1.29 is 26.7 Å². The molecule has 3 rings (SSSR count). The molecule has 36 heavy (non-hydrogen) atoms. The lowest BCUT2D eigenvalue weighted by atomic mass is 10.1. The summed E-state index contributed by atoms with van der Waals surface area (Å²) in [5.41, 5.74) is 1.79. The molecule has 1 aliphatic heterocycles. The van der Waals surface area contributed by atoms with E-state index in [0.29, 0.717) is 35.6 Å². The van der Waals surface area contributed by atoms with Gasteiger partial charge in [0.15, 0.2) is 0 Å². The van der Waals surface area contributed by atoms with Gasteiger partial charge in [-0.25, -0.2) is 8.78 Å². The second-order valence-electron chi connectivity index (χ2n) is 9.23. The van der Waals surface area contributed by atoms with Crippen LogP contribution in [0, 0.1) is 0 Å². The van der Waals surface area contributed by atoms with Gasteiger partial charge in [0.05, 0.1) is 16.9 Å². The third kappa shape index (κ3) is 7.83. The molecule has 1 heterocycles. The fourth-order valence-electron chi connectivity index (χ4n) is 4.26. The quantitative estimate of drug-likeness (QED) is 0.243. The lowest BCUT2D eigenvalue weighted by Gasteiger charge is -2.31. The zero-order chi connectivity index (χ0) is 26.1. The first kappa shape index (κ1) is 27.7. The third-order valence-corrected chi connectivity index (χ3v) is 6.38. The van der Waals surface area contributed by atoms with Crippen molar-refractivity contribution in [2.45, 2.75) is 76.9 Å². The molecule has 2 aromatic rings. The van der Waals surface area contributed by atoms with Crippen molar-refractivity contribution in [1.82, 2.24) is 0 Å². The number of carbonyl (C=O) groups excluding carboxylic acids is 1. The molecule has 0 spiro atoms. The average molecular weight is 512 g/mol. The second kappa shape index (κ2) is 12.9. The number of rotatable bonds is 11. The van der Waals surface area contributed by atoms with Crippen molar-refractivity contribution in [1.29, 1.82) is 0 Å². The van der Waals surface area contributed by atoms with E-state index in [1.807, 2.05) is 13.0 Å². The highest BCUT2D eigenvalue weighted by Gasteiger charge is 2.30. The number of anilines is 3. The van der Waals surface area contributed by atoms with Crippen LogP contribution in [0.2, 0.25) is 0 Å². The van der Waals surface area contributed by atoms with Gasteiger partial charge < -0.3 is 15.5 Å². The van der Waals surface area contributed by atoms with Crippen LogP contribution in [-0.4, -0.2) is 31.3 Å². The number of benzene rings is 2. The molecule has 198 valence electrons. The molecule has 1 fully saturated rings. The van der Waals surface area contributed by atoms with E-state index in [-0.39, 0.29) is 6.42 Å². The van der Waals surface area contributed by atoms with Crippen molar-refractivity contribution in [2.24, 2.45) is 0 Å². The minimum Gasteiger partial charge on any atom is -0.381 e. The van der Waals surface area contributed by atoms with Crippen molar-refractivity contribution in [3.63, 3.8) is 0 Å². The Labute approximate surface area is 209 Å². The van der Waals surface area contributed by atoms with Crippen molar-refractivity contribution >= 4 is 23.0 Å². The lowest BCUT2D eigenvalue weighted by Crippen LogP contribution is -2.34. The van der Waals surface area contributed by atoms with Crippen LogP contribution >= 0.6 is 0 Å². The van der Waals surface area contributed by atoms with Gasteiger partial charge in [0.1, 0.15) is 6.17 Å². The highest BCUT2D eigenvalue weighted by atomic mass is 19.4. The van der Waals surface area contributed by atoms with E-state index in [9.17, 15) is 26.7 Å². The van der Waals surface area contributed by atoms with Crippen LogP contribution in [0.3, 0.4) is 0 Å². The molecule has 2 N–H and O–H groups in total. The van der Waals surface area contributed by atoms with Gasteiger partial charge in [-0.3, -0.25) is 4.79 Å². The number of nitrogens with one attached hydrogen (secondary N) is 2. The second-order valence-corrected chi connectivity index (χ2v) is 9.23. The normalized spacial score (nSPS) is 15.9. The zero-order valence-electron chi connectivity index (χ0n) is 20.5. The summed E-state index contributed by atoms with van der Waals surface area (Å²) in [5.74, 6) is -0.997. The van der Waals surface area contributed by atoms with Gasteiger partial charge in [-0.2, -0.15) is 13.2 Å². The van der Waals surface area contributed by atoms with Crippen molar-refractivity contribution in [2.75, 3.05) is 28.6 Å². The summed E-state index contributed by atoms with van der Waals surface area (Å²) < 4.78 is 67.1. The average Bonchev–Trinajstić information content (AvgIpc) is 2.88. The highest BCUT2D eigenvalue weighted by molar-refractivity contribution is 5.98. The standard InChI is InChI=1S/C27H34F5N3O/c1-2-3-5-8-22(28)25(29)26(36)34-23-14-13-21(17-24(23)35-15-6-4-7-16-35)33-18-19-9-11-20(12-10-19)27(30,31)32/h9-14,17,22,25,33H,2-8,15-16,18H2,1H3,(H,34,36)/t22-,25-/m0/s1. The van der Waals surface area contributed by atoms with Crippen LogP contribution < -0.4 is 15.5 Å². The number of hydrogen-bond donors (Lipinski definition) is 2. The predicted octanol–water partition coefficient (Wildman–Crippen LogP) is 7.50. The summed E-state index contributed by atoms with van der Waals surface area (Å²) in [5, 5.41) is 5.76. The Hall–Kier alpha value is -2.84. The minimum atomic E-state index is -4.38. The van der Waals surface area contributed by atoms with Crippen LogP contribution in [-0.2, 0) is 17.5 Å². The number of nitrogens with zero attached hydrogens (tertiary/aromatic N) is 1. The molecule has 2 atom stereocenters. The first-order chi connectivity index (χ1) is 17.2. The molecular weight excluding hydrogens is 477 g/mol. The molecule has 0 saturated carbocycles. The monoisotopic (exact) mass is 511 g/mol. The van der Waals surface area contributed by atoms with Gasteiger partial charge in [-0.15, -0.1) is 0 Å². The van der Waals surface area contributed by atoms with E-state index >= 15 is 0 Å². The fraction of sp³-hybridized carbons (Fsp3) is 0.519. The topological polar surface area (TPSA) is 44.4 Å². The number of alkyl halides is 5. The van der Waals surface area contributed by atoms with Gasteiger partial charge >= 0.3 is 6.18 Å². The molecule has 1 amide bonds. The molecule has 0 unspecified atom stereocenters. The Bertz CT molecular complexity index is 974. The maximum Gasteiger partial charge on any atom is 0.416 e. The van der Waals surface area contributed by atoms with Gasteiger partial charge in [-0.1, -0.05) is 38.3 Å². The van der Waals surface area contributed by atoms with Gasteiger partial charge in [0, 0.05) is 25.3 Å². The molecule has 1 saturated heterocycles. The summed E-state index contributed by atoms with van der Waals surface area (Å²) in [6.07, 6.45) is -3.21. The fourth-order valence-corrected chi connectivity index (χ4v) is 4.26. The maximum atomic E-state index is 14.5. The Balaban J connectivity index is 1.71. The first-order valence-electron chi connectivity index (χ1n) is 12.6. The minimum absolute atomic E-state index is 0.00815. The number of piperidine rings is 1. The van der Waals surface area contributed by atoms with E-state index in [2.05, 4.69) is 15.5 Å². The smallest absolute Gasteiger partial charge is 0.381 e. The van der Waals surface area contributed by atoms with E-state index in [1.54, 1.807) is 12.1 Å². The molecule has 0 aliphatic carbocycles. The van der Waals surface area contributed by atoms with E-state index in [4.69, 9.17) is 0 Å². The van der Waals surface area contributed by atoms with Crippen LogP contribution in [0.15, 0.2) is 42.5 Å². The number of carbonyl (C=O) groups is 1. The van der Waals surface area contributed by atoms with Gasteiger partial charge in [0.2, 0.25) is 6.17 Å². The lowest BCUT2D eigenvalue weighted by molar-refractivity contribution is -0.137. The highest BCUT2D eigenvalue weighted by Crippen LogP contribution is 2.33. The molecule has 0 bridgehead atoms. The summed E-state index contributed by atoms with van der Waals surface area (Å²) >= 11 is 0. The maximum absolute atomic E-state index is 14.5. The number of amides is 1. The van der Waals surface area contributed by atoms with Crippen LogP contribution in [0.5, 0.6) is 0 Å². The largest absolute Gasteiger partial charge is 0.416 e. The molecule has 0 radical (unpaired) electrons. The molecule has 2 aromatic carbocycles. The van der Waals surface area contributed by atoms with Crippen LogP contribution in [0.1, 0.15) is 63.0 Å². The Morgan fingerprint density at radius 2 is 1.69 bits per heavy atom. The number of unbranched alkanes of at least 4 members (excludes halogenated alkanes) is 2. The van der Waals surface area contributed by atoms with Gasteiger partial charge in [0.25, 0.3) is 5.91 Å². The number of hydrogen-bond acceptors (Lipinski definition) is 3. The summed E-state index contributed by atoms with van der Waals surface area (Å²) in [7, 11) is 0. The van der Waals surface area contributed by atoms with Crippen molar-refractivity contribution in [3.8, 4) is 0 Å². The Morgan fingerprint density at radius 3 is 2.33 bits per heavy atom. The van der Waals surface area contributed by atoms with Crippen LogP contribution in [0.25, 0.3) is 0 Å². The summed E-state index contributed by atoms with van der Waals surface area (Å²) in [6.45, 7) is 3.81. The Morgan fingerprint density at radius 1 is 1.00 bits per heavy atom. The molecule has 1 aliphatic rings. The van der Waals surface area contributed by atoms with E-state index < -0.39 is 30.0 Å². The predicted molar refractivity (Wildman–Crippen MR) is 134 cm³/mol. The summed E-state index contributed by atoms with van der Waals surface area (Å²) in [4.78, 5) is 14.6. The first-order valence-corrected chi connectivity index (χ1v) is 12.6. The van der Waals surface area contributed by atoms with Gasteiger partial charge in [-0.05, 0) is 61.6 Å². The van der Waals surface area contributed by atoms with E-state index in [1.165, 1.54) is 12.1 Å². The Kier molecular flexibility index (Phi) is 9.96. The van der Waals surface area contributed by atoms with E-state index in [0.717, 1.165) is 57.3 Å². The van der Waals surface area contributed by atoms with Crippen molar-refractivity contribution in [3.05, 3.63) is 53.6 Å². The molecule has 0 aromatic heterocycles. The zero-order valence-corrected chi connectivity index (χ0v) is 20.5. The summed E-state index contributed by atoms with van der Waals surface area (Å²) in [6, 6.07) is 10.1.